The molecule has 2 N–H and O–H groups in total. The van der Waals surface area contributed by atoms with Crippen LogP contribution in [0.3, 0.4) is 0 Å². The fourth-order valence-electron chi connectivity index (χ4n) is 3.87. The molecule has 5 aromatic rings. The fraction of sp³-hybridized carbons (Fsp3) is 0.167. The number of rotatable bonds is 6. The molecule has 9 heteroatoms. The number of halogens is 2. The largest absolute Gasteiger partial charge is 0.378 e. The van der Waals surface area contributed by atoms with E-state index in [9.17, 15) is 8.78 Å². The van der Waals surface area contributed by atoms with Crippen molar-refractivity contribution in [3.05, 3.63) is 78.5 Å². The van der Waals surface area contributed by atoms with Gasteiger partial charge in [0.05, 0.1) is 29.3 Å². The van der Waals surface area contributed by atoms with E-state index in [-0.39, 0.29) is 6.54 Å². The van der Waals surface area contributed by atoms with Gasteiger partial charge in [0, 0.05) is 35.9 Å². The first kappa shape index (κ1) is 19.5. The first-order valence-electron chi connectivity index (χ1n) is 10.7. The summed E-state index contributed by atoms with van der Waals surface area (Å²) < 4.78 is 29.1. The van der Waals surface area contributed by atoms with Gasteiger partial charge in [0.15, 0.2) is 0 Å². The van der Waals surface area contributed by atoms with Gasteiger partial charge in [-0.05, 0) is 43.2 Å². The van der Waals surface area contributed by atoms with Gasteiger partial charge in [0.2, 0.25) is 0 Å². The number of hydrogen-bond acceptors (Lipinski definition) is 5. The first-order chi connectivity index (χ1) is 16.1. The minimum atomic E-state index is -0.638. The maximum absolute atomic E-state index is 13.5. The molecule has 1 fully saturated rings. The quantitative estimate of drug-likeness (QED) is 0.381. The number of aromatic nitrogens is 6. The lowest BCUT2D eigenvalue weighted by Gasteiger charge is -2.05. The Kier molecular flexibility index (Phi) is 4.60. The molecule has 0 unspecified atom stereocenters. The normalized spacial score (nSPS) is 13.5. The molecule has 2 aromatic carbocycles. The van der Waals surface area contributed by atoms with E-state index in [0.29, 0.717) is 23.2 Å². The number of nitrogens with zero attached hydrogens (tertiary/aromatic N) is 5. The van der Waals surface area contributed by atoms with Crippen LogP contribution in [-0.4, -0.2) is 29.7 Å². The third-order valence-corrected chi connectivity index (χ3v) is 5.61. The summed E-state index contributed by atoms with van der Waals surface area (Å²) in [6.45, 7) is 0.257. The molecule has 33 heavy (non-hydrogen) atoms. The lowest BCUT2D eigenvalue weighted by molar-refractivity contribution is 0.584. The molecule has 7 nitrogen and oxygen atoms in total. The SMILES string of the molecule is Fc1cc(F)cc(NCc2nc(-c3ccn(C4CC4)n3)c(-c3ccc4nccnc4c3)[nH]2)c1. The molecular formula is C24H19F2N7. The van der Waals surface area contributed by atoms with Crippen molar-refractivity contribution in [1.29, 1.82) is 0 Å². The van der Waals surface area contributed by atoms with E-state index >= 15 is 0 Å². The predicted octanol–water partition coefficient (Wildman–Crippen LogP) is 5.11. The monoisotopic (exact) mass is 443 g/mol. The Bertz CT molecular complexity index is 1450. The van der Waals surface area contributed by atoms with Crippen LogP contribution in [0, 0.1) is 11.6 Å². The van der Waals surface area contributed by atoms with Gasteiger partial charge in [-0.3, -0.25) is 14.6 Å². The second-order valence-electron chi connectivity index (χ2n) is 8.09. The molecule has 0 spiro atoms. The summed E-state index contributed by atoms with van der Waals surface area (Å²) in [5.41, 5.74) is 5.07. The Hall–Kier alpha value is -4.14. The van der Waals surface area contributed by atoms with E-state index < -0.39 is 11.6 Å². The van der Waals surface area contributed by atoms with Gasteiger partial charge >= 0.3 is 0 Å². The molecule has 6 rings (SSSR count). The van der Waals surface area contributed by atoms with E-state index in [2.05, 4.69) is 20.3 Å². The number of hydrogen-bond donors (Lipinski definition) is 2. The van der Waals surface area contributed by atoms with Crippen molar-refractivity contribution in [2.45, 2.75) is 25.4 Å². The topological polar surface area (TPSA) is 84.3 Å². The first-order valence-corrected chi connectivity index (χ1v) is 10.7. The minimum absolute atomic E-state index is 0.257. The highest BCUT2D eigenvalue weighted by atomic mass is 19.1. The van der Waals surface area contributed by atoms with Crippen molar-refractivity contribution in [1.82, 2.24) is 29.7 Å². The molecule has 0 amide bonds. The van der Waals surface area contributed by atoms with Crippen LogP contribution in [0.4, 0.5) is 14.5 Å². The number of anilines is 1. The van der Waals surface area contributed by atoms with Crippen LogP contribution in [0.15, 0.2) is 61.1 Å². The van der Waals surface area contributed by atoms with E-state index in [1.807, 2.05) is 35.1 Å². The van der Waals surface area contributed by atoms with Crippen LogP contribution in [0.2, 0.25) is 0 Å². The summed E-state index contributed by atoms with van der Waals surface area (Å²) in [5, 5.41) is 7.76. The van der Waals surface area contributed by atoms with E-state index in [0.717, 1.165) is 46.9 Å². The molecular weight excluding hydrogens is 424 g/mol. The molecule has 1 aliphatic rings. The Labute approximate surface area is 187 Å². The molecule has 0 atom stereocenters. The Balaban J connectivity index is 1.38. The third kappa shape index (κ3) is 3.93. The summed E-state index contributed by atoms with van der Waals surface area (Å²) in [5.74, 6) is -0.660. The minimum Gasteiger partial charge on any atom is -0.378 e. The van der Waals surface area contributed by atoms with Crippen LogP contribution in [-0.2, 0) is 6.54 Å². The number of H-pyrrole nitrogens is 1. The Morgan fingerprint density at radius 1 is 0.970 bits per heavy atom. The average molecular weight is 443 g/mol. The van der Waals surface area contributed by atoms with Crippen molar-refractivity contribution >= 4 is 16.7 Å². The van der Waals surface area contributed by atoms with Crippen LogP contribution in [0.25, 0.3) is 33.7 Å². The van der Waals surface area contributed by atoms with Crippen molar-refractivity contribution in [3.8, 4) is 22.6 Å². The number of aromatic amines is 1. The van der Waals surface area contributed by atoms with Crippen molar-refractivity contribution in [2.24, 2.45) is 0 Å². The number of imidazole rings is 1. The zero-order valence-corrected chi connectivity index (χ0v) is 17.5. The summed E-state index contributed by atoms with van der Waals surface area (Å²) in [7, 11) is 0. The van der Waals surface area contributed by atoms with Gasteiger partial charge in [-0.1, -0.05) is 6.07 Å². The van der Waals surface area contributed by atoms with Gasteiger partial charge < -0.3 is 10.3 Å². The molecule has 1 aliphatic carbocycles. The van der Waals surface area contributed by atoms with Crippen molar-refractivity contribution in [2.75, 3.05) is 5.32 Å². The summed E-state index contributed by atoms with van der Waals surface area (Å²) in [4.78, 5) is 16.9. The second kappa shape index (κ2) is 7.77. The fourth-order valence-corrected chi connectivity index (χ4v) is 3.87. The van der Waals surface area contributed by atoms with Gasteiger partial charge in [-0.15, -0.1) is 0 Å². The summed E-state index contributed by atoms with van der Waals surface area (Å²) >= 11 is 0. The molecule has 0 radical (unpaired) electrons. The van der Waals surface area contributed by atoms with Crippen molar-refractivity contribution < 1.29 is 8.78 Å². The zero-order chi connectivity index (χ0) is 22.4. The lowest BCUT2D eigenvalue weighted by atomic mass is 10.1. The van der Waals surface area contributed by atoms with Crippen LogP contribution in [0.5, 0.6) is 0 Å². The van der Waals surface area contributed by atoms with Gasteiger partial charge in [-0.2, -0.15) is 5.10 Å². The Morgan fingerprint density at radius 3 is 2.55 bits per heavy atom. The molecule has 0 bridgehead atoms. The van der Waals surface area contributed by atoms with E-state index in [4.69, 9.17) is 10.1 Å². The molecule has 1 saturated carbocycles. The van der Waals surface area contributed by atoms with Crippen LogP contribution >= 0.6 is 0 Å². The highest BCUT2D eigenvalue weighted by Crippen LogP contribution is 2.36. The molecule has 3 aromatic heterocycles. The third-order valence-electron chi connectivity index (χ3n) is 5.61. The highest BCUT2D eigenvalue weighted by molar-refractivity contribution is 5.84. The summed E-state index contributed by atoms with van der Waals surface area (Å²) in [6, 6.07) is 11.6. The number of fused-ring (bicyclic) bond motifs is 1. The highest BCUT2D eigenvalue weighted by Gasteiger charge is 2.25. The van der Waals surface area contributed by atoms with Gasteiger partial charge in [0.1, 0.15) is 28.8 Å². The molecule has 0 aliphatic heterocycles. The average Bonchev–Trinajstić information content (AvgIpc) is 3.38. The Morgan fingerprint density at radius 2 is 1.76 bits per heavy atom. The standard InChI is InChI=1S/C24H19F2N7/c25-15-10-16(26)12-17(11-15)29-13-22-30-23(14-1-4-19-21(9-14)28-7-6-27-19)24(31-22)20-5-8-33(32-20)18-2-3-18/h1,4-12,18,29H,2-3,13H2,(H,30,31). The molecule has 164 valence electrons. The second-order valence-corrected chi connectivity index (χ2v) is 8.09. The zero-order valence-electron chi connectivity index (χ0n) is 17.5. The maximum atomic E-state index is 13.5. The predicted molar refractivity (Wildman–Crippen MR) is 120 cm³/mol. The van der Waals surface area contributed by atoms with Crippen LogP contribution < -0.4 is 5.32 Å². The van der Waals surface area contributed by atoms with Crippen molar-refractivity contribution in [3.63, 3.8) is 0 Å². The number of nitrogens with one attached hydrogen (secondary N) is 2. The van der Waals surface area contributed by atoms with Gasteiger partial charge in [0.25, 0.3) is 0 Å². The van der Waals surface area contributed by atoms with Gasteiger partial charge in [-0.25, -0.2) is 13.8 Å². The van der Waals surface area contributed by atoms with E-state index in [1.54, 1.807) is 12.4 Å². The molecule has 0 saturated heterocycles. The smallest absolute Gasteiger partial charge is 0.128 e. The maximum Gasteiger partial charge on any atom is 0.128 e. The van der Waals surface area contributed by atoms with E-state index in [1.165, 1.54) is 12.1 Å². The number of benzene rings is 2. The lowest BCUT2D eigenvalue weighted by Crippen LogP contribution is -2.02. The summed E-state index contributed by atoms with van der Waals surface area (Å²) in [6.07, 6.45) is 7.57. The molecule has 3 heterocycles. The van der Waals surface area contributed by atoms with Crippen LogP contribution in [0.1, 0.15) is 24.7 Å².